The van der Waals surface area contributed by atoms with Gasteiger partial charge in [0.05, 0.1) is 4.90 Å². The average Bonchev–Trinajstić information content (AvgIpc) is 3.11. The minimum Gasteiger partial charge on any atom is -0.292 e. The minimum atomic E-state index is -3.82. The standard InChI is InChI=1S/C21H25NO3S/c1-5-6-7-16-12-19-18(14(2)3)13-20(23)21(19)22(16)26(24,25)17-10-8-15(4)9-11-17/h5,8-12,14,18H,1,6-7,13H2,2-4H3/t18-/m0/s1. The predicted octanol–water partition coefficient (Wildman–Crippen LogP) is 4.48. The Bertz CT molecular complexity index is 950. The van der Waals surface area contributed by atoms with Gasteiger partial charge < -0.3 is 0 Å². The molecule has 0 spiro atoms. The van der Waals surface area contributed by atoms with E-state index in [1.165, 1.54) is 3.97 Å². The number of carbonyl (C=O) groups excluding carboxylic acids is 1. The molecule has 3 rings (SSSR count). The van der Waals surface area contributed by atoms with E-state index in [-0.39, 0.29) is 22.5 Å². The first-order chi connectivity index (χ1) is 12.3. The number of carbonyl (C=O) groups is 1. The number of fused-ring (bicyclic) bond motifs is 1. The quantitative estimate of drug-likeness (QED) is 0.704. The van der Waals surface area contributed by atoms with E-state index in [4.69, 9.17) is 0 Å². The third-order valence-corrected chi connectivity index (χ3v) is 6.86. The highest BCUT2D eigenvalue weighted by molar-refractivity contribution is 7.90. The molecule has 5 heteroatoms. The molecule has 1 aliphatic rings. The van der Waals surface area contributed by atoms with Crippen LogP contribution in [0.1, 0.15) is 59.9 Å². The van der Waals surface area contributed by atoms with E-state index in [9.17, 15) is 13.2 Å². The number of hydrogen-bond donors (Lipinski definition) is 0. The van der Waals surface area contributed by atoms with Crippen molar-refractivity contribution in [2.45, 2.75) is 50.8 Å². The summed E-state index contributed by atoms with van der Waals surface area (Å²) in [5.41, 5.74) is 2.88. The molecule has 0 bridgehead atoms. The summed E-state index contributed by atoms with van der Waals surface area (Å²) < 4.78 is 28.0. The smallest absolute Gasteiger partial charge is 0.268 e. The van der Waals surface area contributed by atoms with Crippen LogP contribution in [0.15, 0.2) is 47.9 Å². The Hall–Kier alpha value is -2.14. The summed E-state index contributed by atoms with van der Waals surface area (Å²) in [5, 5.41) is 0. The Kier molecular flexibility index (Phi) is 4.93. The van der Waals surface area contributed by atoms with Crippen LogP contribution in [0.2, 0.25) is 0 Å². The molecule has 0 radical (unpaired) electrons. The van der Waals surface area contributed by atoms with E-state index >= 15 is 0 Å². The van der Waals surface area contributed by atoms with Crippen LogP contribution in [0.3, 0.4) is 0 Å². The molecule has 26 heavy (non-hydrogen) atoms. The summed E-state index contributed by atoms with van der Waals surface area (Å²) in [7, 11) is -3.82. The number of Topliss-reactive ketones (excluding diaryl/α,β-unsaturated/α-hetero) is 1. The molecular formula is C21H25NO3S. The van der Waals surface area contributed by atoms with Crippen molar-refractivity contribution < 1.29 is 13.2 Å². The second-order valence-corrected chi connectivity index (χ2v) is 9.11. The maximum absolute atomic E-state index is 13.4. The molecular weight excluding hydrogens is 346 g/mol. The monoisotopic (exact) mass is 371 g/mol. The number of aryl methyl sites for hydroxylation is 2. The lowest BCUT2D eigenvalue weighted by Crippen LogP contribution is -2.20. The van der Waals surface area contributed by atoms with Gasteiger partial charge in [0.15, 0.2) is 5.78 Å². The van der Waals surface area contributed by atoms with Crippen molar-refractivity contribution in [3.05, 3.63) is 65.5 Å². The predicted molar refractivity (Wildman–Crippen MR) is 103 cm³/mol. The summed E-state index contributed by atoms with van der Waals surface area (Å²) in [6, 6.07) is 8.68. The first-order valence-electron chi connectivity index (χ1n) is 8.98. The lowest BCUT2D eigenvalue weighted by molar-refractivity contribution is 0.0978. The largest absolute Gasteiger partial charge is 0.292 e. The average molecular weight is 372 g/mol. The molecule has 1 atom stereocenters. The van der Waals surface area contributed by atoms with Gasteiger partial charge in [-0.25, -0.2) is 12.4 Å². The van der Waals surface area contributed by atoms with Gasteiger partial charge in [-0.1, -0.05) is 37.6 Å². The normalized spacial score (nSPS) is 16.9. The fourth-order valence-electron chi connectivity index (χ4n) is 3.64. The number of rotatable bonds is 6. The molecule has 0 N–H and O–H groups in total. The van der Waals surface area contributed by atoms with Crippen LogP contribution in [-0.2, 0) is 16.4 Å². The maximum Gasteiger partial charge on any atom is 0.268 e. The molecule has 4 nitrogen and oxygen atoms in total. The van der Waals surface area contributed by atoms with E-state index in [2.05, 4.69) is 20.4 Å². The first-order valence-corrected chi connectivity index (χ1v) is 10.4. The maximum atomic E-state index is 13.4. The third-order valence-electron chi connectivity index (χ3n) is 5.10. The van der Waals surface area contributed by atoms with E-state index in [1.807, 2.05) is 13.0 Å². The number of hydrogen-bond acceptors (Lipinski definition) is 3. The Balaban J connectivity index is 2.22. The zero-order chi connectivity index (χ0) is 19.1. The molecule has 2 aromatic rings. The highest BCUT2D eigenvalue weighted by Crippen LogP contribution is 2.41. The van der Waals surface area contributed by atoms with E-state index in [0.717, 1.165) is 11.1 Å². The van der Waals surface area contributed by atoms with Crippen LogP contribution in [0, 0.1) is 12.8 Å². The van der Waals surface area contributed by atoms with E-state index < -0.39 is 10.0 Å². The van der Waals surface area contributed by atoms with Crippen molar-refractivity contribution in [3.63, 3.8) is 0 Å². The highest BCUT2D eigenvalue weighted by Gasteiger charge is 2.39. The van der Waals surface area contributed by atoms with Crippen LogP contribution in [0.5, 0.6) is 0 Å². The van der Waals surface area contributed by atoms with Gasteiger partial charge in [0.1, 0.15) is 5.69 Å². The summed E-state index contributed by atoms with van der Waals surface area (Å²) in [6.07, 6.45) is 3.35. The summed E-state index contributed by atoms with van der Waals surface area (Å²) in [5.74, 6) is 0.277. The van der Waals surface area contributed by atoms with Gasteiger partial charge in [-0.05, 0) is 55.4 Å². The van der Waals surface area contributed by atoms with Gasteiger partial charge >= 0.3 is 0 Å². The lowest BCUT2D eigenvalue weighted by atomic mass is 9.91. The molecule has 138 valence electrons. The van der Waals surface area contributed by atoms with Crippen molar-refractivity contribution in [2.24, 2.45) is 5.92 Å². The molecule has 0 aliphatic heterocycles. The molecule has 0 saturated heterocycles. The number of ketones is 1. The Labute approximate surface area is 155 Å². The minimum absolute atomic E-state index is 0.0782. The molecule has 1 heterocycles. The fourth-order valence-corrected chi connectivity index (χ4v) is 5.23. The highest BCUT2D eigenvalue weighted by atomic mass is 32.2. The zero-order valence-electron chi connectivity index (χ0n) is 15.5. The second-order valence-electron chi connectivity index (χ2n) is 7.33. The van der Waals surface area contributed by atoms with Gasteiger partial charge in [-0.2, -0.15) is 0 Å². The lowest BCUT2D eigenvalue weighted by Gasteiger charge is -2.13. The molecule has 0 unspecified atom stereocenters. The Morgan fingerprint density at radius 1 is 1.27 bits per heavy atom. The Morgan fingerprint density at radius 3 is 2.50 bits per heavy atom. The van der Waals surface area contributed by atoms with Crippen molar-refractivity contribution in [1.29, 1.82) is 0 Å². The van der Waals surface area contributed by atoms with Crippen molar-refractivity contribution in [3.8, 4) is 0 Å². The second kappa shape index (κ2) is 6.88. The van der Waals surface area contributed by atoms with Crippen molar-refractivity contribution in [2.75, 3.05) is 0 Å². The number of benzene rings is 1. The van der Waals surface area contributed by atoms with E-state index in [1.54, 1.807) is 30.3 Å². The van der Waals surface area contributed by atoms with Crippen LogP contribution < -0.4 is 0 Å². The topological polar surface area (TPSA) is 56.1 Å². The number of nitrogens with zero attached hydrogens (tertiary/aromatic N) is 1. The summed E-state index contributed by atoms with van der Waals surface area (Å²) >= 11 is 0. The molecule has 1 aromatic heterocycles. The van der Waals surface area contributed by atoms with Crippen LogP contribution >= 0.6 is 0 Å². The van der Waals surface area contributed by atoms with Crippen LogP contribution in [0.25, 0.3) is 0 Å². The van der Waals surface area contributed by atoms with Gasteiger partial charge in [-0.3, -0.25) is 4.79 Å². The summed E-state index contributed by atoms with van der Waals surface area (Å²) in [6.45, 7) is 9.79. The summed E-state index contributed by atoms with van der Waals surface area (Å²) in [4.78, 5) is 12.9. The van der Waals surface area contributed by atoms with Crippen molar-refractivity contribution >= 4 is 15.8 Å². The molecule has 0 amide bonds. The van der Waals surface area contributed by atoms with Gasteiger partial charge in [-0.15, -0.1) is 6.58 Å². The van der Waals surface area contributed by atoms with Gasteiger partial charge in [0, 0.05) is 12.1 Å². The van der Waals surface area contributed by atoms with Crippen LogP contribution in [0.4, 0.5) is 0 Å². The fraction of sp³-hybridized carbons (Fsp3) is 0.381. The van der Waals surface area contributed by atoms with Crippen LogP contribution in [-0.4, -0.2) is 18.2 Å². The molecule has 1 aromatic carbocycles. The van der Waals surface area contributed by atoms with Gasteiger partial charge in [0.25, 0.3) is 10.0 Å². The van der Waals surface area contributed by atoms with Crippen molar-refractivity contribution in [1.82, 2.24) is 3.97 Å². The van der Waals surface area contributed by atoms with Gasteiger partial charge in [0.2, 0.25) is 0 Å². The molecule has 1 aliphatic carbocycles. The van der Waals surface area contributed by atoms with E-state index in [0.29, 0.717) is 30.7 Å². The number of aromatic nitrogens is 1. The SMILES string of the molecule is C=CCCc1cc2c(n1S(=O)(=O)c1ccc(C)cc1)C(=O)C[C@H]2C(C)C. The number of allylic oxidation sites excluding steroid dienone is 1. The third kappa shape index (κ3) is 3.05. The molecule has 0 saturated carbocycles. The first kappa shape index (κ1) is 18.6. The zero-order valence-corrected chi connectivity index (χ0v) is 16.3. The Morgan fingerprint density at radius 2 is 1.92 bits per heavy atom. The molecule has 0 fully saturated rings.